The first kappa shape index (κ1) is 28.3. The number of carbonyl (C=O) groups excluding carboxylic acids is 3. The molecule has 1 aromatic heterocycles. The van der Waals surface area contributed by atoms with Gasteiger partial charge in [0, 0.05) is 25.2 Å². The third-order valence-corrected chi connectivity index (χ3v) is 6.96. The van der Waals surface area contributed by atoms with Crippen molar-refractivity contribution in [3.05, 3.63) is 34.9 Å². The van der Waals surface area contributed by atoms with E-state index in [1.807, 2.05) is 0 Å². The molecule has 3 rings (SSSR count). The van der Waals surface area contributed by atoms with Crippen LogP contribution < -0.4 is 11.1 Å². The monoisotopic (exact) mass is 555 g/mol. The normalized spacial score (nSPS) is 20.1. The molecule has 37 heavy (non-hydrogen) atoms. The topological polar surface area (TPSA) is 164 Å². The van der Waals surface area contributed by atoms with Gasteiger partial charge in [0.15, 0.2) is 10.8 Å². The summed E-state index contributed by atoms with van der Waals surface area (Å²) in [6.45, 7) is 8.84. The van der Waals surface area contributed by atoms with E-state index in [0.29, 0.717) is 11.3 Å². The average molecular weight is 556 g/mol. The Morgan fingerprint density at radius 3 is 2.62 bits per heavy atom. The van der Waals surface area contributed by atoms with Gasteiger partial charge in [0.25, 0.3) is 17.8 Å². The second-order valence-corrected chi connectivity index (χ2v) is 10.1. The number of nitrogen functional groups attached to an aromatic ring is 1. The lowest BCUT2D eigenvalue weighted by molar-refractivity contribution is -0.177. The van der Waals surface area contributed by atoms with E-state index in [4.69, 9.17) is 29.5 Å². The summed E-state index contributed by atoms with van der Waals surface area (Å²) in [5.74, 6) is -1.58. The van der Waals surface area contributed by atoms with E-state index in [1.54, 1.807) is 19.2 Å². The third-order valence-electron chi connectivity index (χ3n) is 4.95. The van der Waals surface area contributed by atoms with E-state index in [1.165, 1.54) is 37.8 Å². The van der Waals surface area contributed by atoms with Crippen molar-refractivity contribution >= 4 is 51.7 Å². The van der Waals surface area contributed by atoms with Crippen molar-refractivity contribution in [2.45, 2.75) is 44.6 Å². The molecular formula is C22H29N5O8S2. The highest BCUT2D eigenvalue weighted by Crippen LogP contribution is 2.41. The molecule has 1 aromatic rings. The number of thiazole rings is 1. The van der Waals surface area contributed by atoms with Crippen LogP contribution in [0.3, 0.4) is 0 Å². The van der Waals surface area contributed by atoms with Crippen LogP contribution in [0.1, 0.15) is 26.5 Å². The Morgan fingerprint density at radius 2 is 2.03 bits per heavy atom. The highest BCUT2D eigenvalue weighted by molar-refractivity contribution is 8.00. The van der Waals surface area contributed by atoms with Gasteiger partial charge < -0.3 is 34.8 Å². The quantitative estimate of drug-likeness (QED) is 0.0950. The summed E-state index contributed by atoms with van der Waals surface area (Å²) >= 11 is 2.50. The standard InChI is InChI=1S/C22H29N5O8S2/c1-10(2)33-11(3)34-12(4)35-21(30)17-13(7-31-5)8-36-20-16(19(29)27(17)20)25-18(28)15(26-32-6)14-9-37-22(23)24-14/h9-10,12,16,20H,3,7-8H2,1-2,4-6H3,(H2,23,24)(H,25,28)/b26-15-. The van der Waals surface area contributed by atoms with Crippen LogP contribution in [-0.2, 0) is 38.2 Å². The molecule has 15 heteroatoms. The number of aromatic nitrogens is 1. The third kappa shape index (κ3) is 6.53. The summed E-state index contributed by atoms with van der Waals surface area (Å²) in [6.07, 6.45) is -1.20. The molecule has 3 atom stereocenters. The van der Waals surface area contributed by atoms with Crippen molar-refractivity contribution in [1.82, 2.24) is 15.2 Å². The zero-order valence-corrected chi connectivity index (χ0v) is 22.6. The molecule has 1 fully saturated rings. The predicted molar refractivity (Wildman–Crippen MR) is 136 cm³/mol. The second kappa shape index (κ2) is 12.3. The minimum absolute atomic E-state index is 0.00308. The number of anilines is 1. The van der Waals surface area contributed by atoms with Gasteiger partial charge in [-0.3, -0.25) is 14.5 Å². The molecule has 1 saturated heterocycles. The van der Waals surface area contributed by atoms with Gasteiger partial charge >= 0.3 is 5.97 Å². The number of hydrogen-bond acceptors (Lipinski definition) is 13. The van der Waals surface area contributed by atoms with Gasteiger partial charge in [-0.25, -0.2) is 9.78 Å². The summed E-state index contributed by atoms with van der Waals surface area (Å²) in [5, 5.41) is 7.63. The number of ether oxygens (including phenoxy) is 4. The maximum absolute atomic E-state index is 13.1. The zero-order valence-electron chi connectivity index (χ0n) is 21.0. The van der Waals surface area contributed by atoms with Gasteiger partial charge in [-0.15, -0.1) is 23.1 Å². The van der Waals surface area contributed by atoms with E-state index in [0.717, 1.165) is 11.3 Å². The SMILES string of the molecule is C=C(OC(C)C)OC(C)OC(=O)C1=C(COC)CSC2C(NC(=O)/C(=N\OC)c3csc(N)n3)C(=O)N12. The number of nitrogens with one attached hydrogen (secondary N) is 1. The first-order valence-electron chi connectivity index (χ1n) is 11.1. The van der Waals surface area contributed by atoms with Crippen LogP contribution in [0.5, 0.6) is 0 Å². The van der Waals surface area contributed by atoms with Crippen molar-refractivity contribution in [3.8, 4) is 0 Å². The molecule has 3 heterocycles. The minimum Gasteiger partial charge on any atom is -0.463 e. The van der Waals surface area contributed by atoms with Crippen molar-refractivity contribution in [2.75, 3.05) is 32.3 Å². The summed E-state index contributed by atoms with van der Waals surface area (Å²) in [5.41, 5.74) is 6.35. The lowest BCUT2D eigenvalue weighted by atomic mass is 10.0. The van der Waals surface area contributed by atoms with Crippen LogP contribution in [0.2, 0.25) is 0 Å². The van der Waals surface area contributed by atoms with Crippen molar-refractivity contribution in [3.63, 3.8) is 0 Å². The van der Waals surface area contributed by atoms with E-state index < -0.39 is 35.5 Å². The molecule has 2 amide bonds. The molecule has 3 unspecified atom stereocenters. The number of amides is 2. The maximum atomic E-state index is 13.1. The number of methoxy groups -OCH3 is 1. The molecule has 0 radical (unpaired) electrons. The Morgan fingerprint density at radius 1 is 1.30 bits per heavy atom. The number of carbonyl (C=O) groups is 3. The molecular weight excluding hydrogens is 526 g/mol. The molecule has 0 bridgehead atoms. The molecule has 202 valence electrons. The molecule has 2 aliphatic heterocycles. The maximum Gasteiger partial charge on any atom is 0.358 e. The van der Waals surface area contributed by atoms with Crippen molar-refractivity contribution in [2.24, 2.45) is 5.16 Å². The largest absolute Gasteiger partial charge is 0.463 e. The molecule has 0 spiro atoms. The number of β-lactam (4-membered cyclic amide) rings is 1. The van der Waals surface area contributed by atoms with Crippen LogP contribution >= 0.6 is 23.1 Å². The smallest absolute Gasteiger partial charge is 0.358 e. The number of oxime groups is 1. The number of nitrogens with two attached hydrogens (primary N) is 1. The number of fused-ring (bicyclic) bond motifs is 1. The molecule has 13 nitrogen and oxygen atoms in total. The predicted octanol–water partition coefficient (Wildman–Crippen LogP) is 1.18. The number of thioether (sulfide) groups is 1. The van der Waals surface area contributed by atoms with E-state index in [2.05, 4.69) is 22.0 Å². The Hall–Kier alpha value is -3.30. The zero-order chi connectivity index (χ0) is 27.3. The highest BCUT2D eigenvalue weighted by Gasteiger charge is 2.55. The molecule has 3 N–H and O–H groups in total. The van der Waals surface area contributed by atoms with Crippen LogP contribution in [0, 0.1) is 0 Å². The highest BCUT2D eigenvalue weighted by atomic mass is 32.2. The fraction of sp³-hybridized carbons (Fsp3) is 0.500. The van der Waals surface area contributed by atoms with Gasteiger partial charge in [0.1, 0.15) is 29.9 Å². The summed E-state index contributed by atoms with van der Waals surface area (Å²) in [4.78, 5) is 49.3. The summed E-state index contributed by atoms with van der Waals surface area (Å²) in [6, 6.07) is -0.921. The number of esters is 1. The van der Waals surface area contributed by atoms with Crippen molar-refractivity contribution in [1.29, 1.82) is 0 Å². The van der Waals surface area contributed by atoms with Crippen LogP contribution in [0.15, 0.2) is 34.3 Å². The van der Waals surface area contributed by atoms with E-state index in [-0.39, 0.29) is 40.9 Å². The first-order valence-corrected chi connectivity index (χ1v) is 13.0. The van der Waals surface area contributed by atoms with Gasteiger partial charge in [-0.05, 0) is 26.0 Å². The Kier molecular flexibility index (Phi) is 9.39. The second-order valence-electron chi connectivity index (χ2n) is 8.07. The Balaban J connectivity index is 1.74. The lowest BCUT2D eigenvalue weighted by Crippen LogP contribution is -2.71. The lowest BCUT2D eigenvalue weighted by Gasteiger charge is -2.49. The summed E-state index contributed by atoms with van der Waals surface area (Å²) in [7, 11) is 2.76. The van der Waals surface area contributed by atoms with Gasteiger partial charge in [0.2, 0.25) is 6.29 Å². The first-order chi connectivity index (χ1) is 17.6. The van der Waals surface area contributed by atoms with Gasteiger partial charge in [-0.1, -0.05) is 5.16 Å². The van der Waals surface area contributed by atoms with Crippen molar-refractivity contribution < 1.29 is 38.2 Å². The fourth-order valence-electron chi connectivity index (χ4n) is 3.57. The minimum atomic E-state index is -1.03. The van der Waals surface area contributed by atoms with Crippen LogP contribution in [0.25, 0.3) is 0 Å². The fourth-order valence-corrected chi connectivity index (χ4v) is 5.44. The van der Waals surface area contributed by atoms with Gasteiger partial charge in [0.05, 0.1) is 12.7 Å². The summed E-state index contributed by atoms with van der Waals surface area (Å²) < 4.78 is 21.3. The van der Waals surface area contributed by atoms with E-state index in [9.17, 15) is 14.4 Å². The Labute approximate surface area is 222 Å². The Bertz CT molecular complexity index is 1120. The van der Waals surface area contributed by atoms with Crippen LogP contribution in [0.4, 0.5) is 5.13 Å². The molecule has 0 aliphatic carbocycles. The number of hydrogen-bond donors (Lipinski definition) is 2. The van der Waals surface area contributed by atoms with Crippen LogP contribution in [-0.4, -0.2) is 83.8 Å². The molecule has 2 aliphatic rings. The number of nitrogens with zero attached hydrogens (tertiary/aromatic N) is 3. The molecule has 0 aromatic carbocycles. The average Bonchev–Trinajstić information content (AvgIpc) is 3.25. The van der Waals surface area contributed by atoms with E-state index >= 15 is 0 Å². The van der Waals surface area contributed by atoms with Gasteiger partial charge in [-0.2, -0.15) is 0 Å². The molecule has 0 saturated carbocycles. The number of rotatable bonds is 12.